The lowest BCUT2D eigenvalue weighted by molar-refractivity contribution is -0.126. The third kappa shape index (κ3) is 9.98. The molecule has 0 fully saturated rings. The first kappa shape index (κ1) is 25.2. The Morgan fingerprint density at radius 2 is 1.55 bits per heavy atom. The quantitative estimate of drug-likeness (QED) is 0.440. The van der Waals surface area contributed by atoms with E-state index in [1.54, 1.807) is 0 Å². The van der Waals surface area contributed by atoms with Gasteiger partial charge in [-0.2, -0.15) is 0 Å². The van der Waals surface area contributed by atoms with E-state index < -0.39 is 6.10 Å². The molecule has 2 unspecified atom stereocenters. The molecule has 3 N–H and O–H groups in total. The van der Waals surface area contributed by atoms with E-state index in [-0.39, 0.29) is 23.8 Å². The third-order valence-corrected chi connectivity index (χ3v) is 5.35. The molecule has 0 aliphatic carbocycles. The number of rotatable bonds is 13. The number of aliphatic hydroxyl groups excluding tert-OH is 1. The van der Waals surface area contributed by atoms with Crippen LogP contribution in [0.15, 0.2) is 42.6 Å². The van der Waals surface area contributed by atoms with Crippen LogP contribution in [-0.4, -0.2) is 23.2 Å². The molecule has 4 atom stereocenters. The van der Waals surface area contributed by atoms with Crippen LogP contribution < -0.4 is 10.6 Å². The highest BCUT2D eigenvalue weighted by Gasteiger charge is 2.25. The summed E-state index contributed by atoms with van der Waals surface area (Å²) < 4.78 is 0. The molecule has 1 aromatic carbocycles. The SMILES string of the molecule is C=C(NCc1ccccc1)[C@H](CC(C)C)NC(=O)C(C)CC(O)[C@@H](C)CC(C)C. The van der Waals surface area contributed by atoms with Crippen molar-refractivity contribution in [2.24, 2.45) is 23.7 Å². The van der Waals surface area contributed by atoms with Crippen LogP contribution in [-0.2, 0) is 11.3 Å². The van der Waals surface area contributed by atoms with Gasteiger partial charge in [0.1, 0.15) is 0 Å². The predicted molar refractivity (Wildman–Crippen MR) is 122 cm³/mol. The molecular formula is C25H42N2O2. The predicted octanol–water partition coefficient (Wildman–Crippen LogP) is 4.89. The molecule has 0 aliphatic heterocycles. The summed E-state index contributed by atoms with van der Waals surface area (Å²) >= 11 is 0. The maximum Gasteiger partial charge on any atom is 0.223 e. The zero-order chi connectivity index (χ0) is 22.0. The van der Waals surface area contributed by atoms with Crippen molar-refractivity contribution >= 4 is 5.91 Å². The van der Waals surface area contributed by atoms with Gasteiger partial charge in [-0.25, -0.2) is 0 Å². The average molecular weight is 403 g/mol. The highest BCUT2D eigenvalue weighted by molar-refractivity contribution is 5.79. The lowest BCUT2D eigenvalue weighted by atomic mass is 9.88. The van der Waals surface area contributed by atoms with E-state index in [2.05, 4.69) is 64.0 Å². The van der Waals surface area contributed by atoms with Crippen molar-refractivity contribution in [1.82, 2.24) is 10.6 Å². The first-order chi connectivity index (χ1) is 13.6. The van der Waals surface area contributed by atoms with Crippen molar-refractivity contribution in [3.63, 3.8) is 0 Å². The summed E-state index contributed by atoms with van der Waals surface area (Å²) in [6.45, 7) is 17.4. The summed E-state index contributed by atoms with van der Waals surface area (Å²) in [4.78, 5) is 12.8. The molecule has 29 heavy (non-hydrogen) atoms. The Balaban J connectivity index is 2.63. The Morgan fingerprint density at radius 3 is 2.10 bits per heavy atom. The fourth-order valence-corrected chi connectivity index (χ4v) is 3.61. The van der Waals surface area contributed by atoms with Crippen molar-refractivity contribution in [2.45, 2.75) is 79.5 Å². The van der Waals surface area contributed by atoms with Gasteiger partial charge in [0.15, 0.2) is 0 Å². The van der Waals surface area contributed by atoms with Gasteiger partial charge in [0.25, 0.3) is 0 Å². The summed E-state index contributed by atoms with van der Waals surface area (Å²) in [5.41, 5.74) is 2.01. The number of aliphatic hydroxyl groups is 1. The number of nitrogens with one attached hydrogen (secondary N) is 2. The van der Waals surface area contributed by atoms with Crippen LogP contribution in [0.25, 0.3) is 0 Å². The number of carbonyl (C=O) groups excluding carboxylic acids is 1. The maximum atomic E-state index is 12.8. The Hall–Kier alpha value is -1.81. The summed E-state index contributed by atoms with van der Waals surface area (Å²) in [6, 6.07) is 10.0. The maximum absolute atomic E-state index is 12.8. The second-order valence-electron chi connectivity index (χ2n) is 9.37. The first-order valence-electron chi connectivity index (χ1n) is 11.0. The van der Waals surface area contributed by atoms with Crippen LogP contribution in [0, 0.1) is 23.7 Å². The van der Waals surface area contributed by atoms with Gasteiger partial charge < -0.3 is 15.7 Å². The topological polar surface area (TPSA) is 61.4 Å². The highest BCUT2D eigenvalue weighted by Crippen LogP contribution is 2.21. The molecule has 0 spiro atoms. The zero-order valence-corrected chi connectivity index (χ0v) is 19.2. The molecule has 1 amide bonds. The summed E-state index contributed by atoms with van der Waals surface area (Å²) in [7, 11) is 0. The molecule has 0 radical (unpaired) electrons. The molecule has 0 bridgehead atoms. The fourth-order valence-electron chi connectivity index (χ4n) is 3.61. The summed E-state index contributed by atoms with van der Waals surface area (Å²) in [5.74, 6) is 0.908. The van der Waals surface area contributed by atoms with E-state index in [0.29, 0.717) is 24.8 Å². The van der Waals surface area contributed by atoms with Gasteiger partial charge in [-0.1, -0.05) is 78.5 Å². The minimum absolute atomic E-state index is 0.0193. The van der Waals surface area contributed by atoms with Crippen LogP contribution in [0.3, 0.4) is 0 Å². The monoisotopic (exact) mass is 402 g/mol. The number of amides is 1. The molecular weight excluding hydrogens is 360 g/mol. The molecule has 0 aromatic heterocycles. The van der Waals surface area contributed by atoms with Gasteiger partial charge in [0.2, 0.25) is 5.91 Å². The second kappa shape index (κ2) is 12.7. The van der Waals surface area contributed by atoms with Crippen LogP contribution in [0.4, 0.5) is 0 Å². The standard InChI is InChI=1S/C25H42N2O2/c1-17(2)13-19(5)24(28)15-20(6)25(29)27-23(14-18(3)4)21(7)26-16-22-11-9-8-10-12-22/h8-12,17-20,23-24,26,28H,7,13-16H2,1-6H3,(H,27,29)/t19-,20?,23-,24?/m0/s1. The van der Waals surface area contributed by atoms with Gasteiger partial charge in [0, 0.05) is 18.2 Å². The lowest BCUT2D eigenvalue weighted by Crippen LogP contribution is -2.43. The van der Waals surface area contributed by atoms with Crippen LogP contribution in [0.2, 0.25) is 0 Å². The summed E-state index contributed by atoms with van der Waals surface area (Å²) in [6.07, 6.45) is 1.82. The van der Waals surface area contributed by atoms with E-state index >= 15 is 0 Å². The molecule has 1 rings (SSSR count). The first-order valence-corrected chi connectivity index (χ1v) is 11.0. The zero-order valence-electron chi connectivity index (χ0n) is 19.2. The molecule has 4 nitrogen and oxygen atoms in total. The minimum Gasteiger partial charge on any atom is -0.393 e. The number of hydrogen-bond donors (Lipinski definition) is 3. The Kier molecular flexibility index (Phi) is 11.0. The Morgan fingerprint density at radius 1 is 0.966 bits per heavy atom. The second-order valence-corrected chi connectivity index (χ2v) is 9.37. The van der Waals surface area contributed by atoms with Gasteiger partial charge >= 0.3 is 0 Å². The largest absolute Gasteiger partial charge is 0.393 e. The van der Waals surface area contributed by atoms with Gasteiger partial charge in [-0.15, -0.1) is 0 Å². The number of benzene rings is 1. The van der Waals surface area contributed by atoms with Crippen molar-refractivity contribution in [2.75, 3.05) is 0 Å². The molecule has 1 aromatic rings. The molecule has 4 heteroatoms. The van der Waals surface area contributed by atoms with E-state index in [4.69, 9.17) is 0 Å². The lowest BCUT2D eigenvalue weighted by Gasteiger charge is -2.27. The van der Waals surface area contributed by atoms with E-state index in [9.17, 15) is 9.90 Å². The molecule has 0 saturated heterocycles. The molecule has 0 heterocycles. The Labute approximate surface area is 178 Å². The van der Waals surface area contributed by atoms with Crippen molar-refractivity contribution in [3.05, 3.63) is 48.2 Å². The van der Waals surface area contributed by atoms with Crippen molar-refractivity contribution in [3.8, 4) is 0 Å². The molecule has 164 valence electrons. The average Bonchev–Trinajstić information content (AvgIpc) is 2.65. The Bertz CT molecular complexity index is 613. The minimum atomic E-state index is -0.457. The molecule has 0 aliphatic rings. The van der Waals surface area contributed by atoms with E-state index in [1.807, 2.05) is 25.1 Å². The normalized spacial score (nSPS) is 15.6. The fraction of sp³-hybridized carbons (Fsp3) is 0.640. The van der Waals surface area contributed by atoms with Crippen LogP contribution in [0.1, 0.15) is 66.4 Å². The molecule has 0 saturated carbocycles. The number of carbonyl (C=O) groups is 1. The number of hydrogen-bond acceptors (Lipinski definition) is 3. The highest BCUT2D eigenvalue weighted by atomic mass is 16.3. The van der Waals surface area contributed by atoms with Gasteiger partial charge in [-0.05, 0) is 42.6 Å². The van der Waals surface area contributed by atoms with E-state index in [0.717, 1.165) is 18.5 Å². The third-order valence-electron chi connectivity index (χ3n) is 5.35. The smallest absolute Gasteiger partial charge is 0.223 e. The van der Waals surface area contributed by atoms with Crippen LogP contribution in [0.5, 0.6) is 0 Å². The van der Waals surface area contributed by atoms with Crippen molar-refractivity contribution < 1.29 is 9.90 Å². The van der Waals surface area contributed by atoms with Gasteiger partial charge in [-0.3, -0.25) is 4.79 Å². The van der Waals surface area contributed by atoms with Gasteiger partial charge in [0.05, 0.1) is 12.1 Å². The van der Waals surface area contributed by atoms with Crippen LogP contribution >= 0.6 is 0 Å². The summed E-state index contributed by atoms with van der Waals surface area (Å²) in [5, 5.41) is 17.0. The van der Waals surface area contributed by atoms with E-state index in [1.165, 1.54) is 5.56 Å². The van der Waals surface area contributed by atoms with Crippen molar-refractivity contribution in [1.29, 1.82) is 0 Å².